The lowest BCUT2D eigenvalue weighted by Crippen LogP contribution is -2.27. The zero-order valence-electron chi connectivity index (χ0n) is 7.07. The second-order valence-electron chi connectivity index (χ2n) is 3.87. The Hall–Kier alpha value is -0.790. The van der Waals surface area contributed by atoms with Gasteiger partial charge >= 0.3 is 5.97 Å². The molecule has 2 heteroatoms. The molecule has 1 saturated carbocycles. The van der Waals surface area contributed by atoms with Gasteiger partial charge in [-0.3, -0.25) is 4.79 Å². The molecule has 0 aromatic rings. The Bertz CT molecular complexity index is 220. The molecule has 0 unspecified atom stereocenters. The number of carboxylic acid groups (broad SMARTS) is 1. The first kappa shape index (κ1) is 7.84. The van der Waals surface area contributed by atoms with Gasteiger partial charge in [0.05, 0.1) is 5.92 Å². The highest BCUT2D eigenvalue weighted by atomic mass is 16.4. The molecule has 3 atom stereocenters. The Kier molecular flexibility index (Phi) is 1.91. The molecule has 0 bridgehead atoms. The summed E-state index contributed by atoms with van der Waals surface area (Å²) in [5.41, 5.74) is 0. The van der Waals surface area contributed by atoms with Gasteiger partial charge in [-0.2, -0.15) is 0 Å². The van der Waals surface area contributed by atoms with Crippen molar-refractivity contribution in [1.29, 1.82) is 0 Å². The predicted molar refractivity (Wildman–Crippen MR) is 45.7 cm³/mol. The quantitative estimate of drug-likeness (QED) is 0.605. The maximum absolute atomic E-state index is 10.9. The number of allylic oxidation sites excluding steroid dienone is 2. The summed E-state index contributed by atoms with van der Waals surface area (Å²) >= 11 is 0. The van der Waals surface area contributed by atoms with Crippen molar-refractivity contribution >= 4 is 5.97 Å². The van der Waals surface area contributed by atoms with Gasteiger partial charge in [-0.15, -0.1) is 0 Å². The van der Waals surface area contributed by atoms with E-state index in [1.807, 2.05) is 6.08 Å². The monoisotopic (exact) mass is 166 g/mol. The Morgan fingerprint density at radius 1 is 1.42 bits per heavy atom. The molecular formula is C10H14O2. The topological polar surface area (TPSA) is 37.3 Å². The summed E-state index contributed by atoms with van der Waals surface area (Å²) in [6.07, 6.45) is 8.54. The average Bonchev–Trinajstić information content (AvgIpc) is 2.49. The molecule has 0 amide bonds. The average molecular weight is 166 g/mol. The maximum atomic E-state index is 10.9. The van der Waals surface area contributed by atoms with Crippen molar-refractivity contribution in [3.05, 3.63) is 12.2 Å². The van der Waals surface area contributed by atoms with E-state index in [1.54, 1.807) is 0 Å². The molecule has 0 aliphatic heterocycles. The van der Waals surface area contributed by atoms with Crippen molar-refractivity contribution in [2.24, 2.45) is 17.8 Å². The van der Waals surface area contributed by atoms with Crippen LogP contribution in [-0.4, -0.2) is 11.1 Å². The number of rotatable bonds is 1. The van der Waals surface area contributed by atoms with Crippen molar-refractivity contribution in [3.8, 4) is 0 Å². The standard InChI is InChI=1S/C10H14O2/c11-10(12)9-6-2-4-7-3-1-5-8(7)9/h2,4,7-9H,1,3,5-6H2,(H,11,12)/t7-,8+,9+/m1/s1. The van der Waals surface area contributed by atoms with Crippen molar-refractivity contribution in [1.82, 2.24) is 0 Å². The number of hydrogen-bond donors (Lipinski definition) is 1. The zero-order chi connectivity index (χ0) is 8.55. The molecule has 2 rings (SSSR count). The first-order valence-corrected chi connectivity index (χ1v) is 4.68. The highest BCUT2D eigenvalue weighted by Crippen LogP contribution is 2.42. The Morgan fingerprint density at radius 2 is 2.25 bits per heavy atom. The fourth-order valence-corrected chi connectivity index (χ4v) is 2.61. The molecule has 2 aliphatic rings. The van der Waals surface area contributed by atoms with E-state index in [-0.39, 0.29) is 5.92 Å². The molecular weight excluding hydrogens is 152 g/mol. The number of aliphatic carboxylic acids is 1. The summed E-state index contributed by atoms with van der Waals surface area (Å²) in [4.78, 5) is 10.9. The normalized spacial score (nSPS) is 39.5. The van der Waals surface area contributed by atoms with E-state index in [2.05, 4.69) is 6.08 Å². The van der Waals surface area contributed by atoms with E-state index in [4.69, 9.17) is 5.11 Å². The zero-order valence-corrected chi connectivity index (χ0v) is 7.07. The first-order chi connectivity index (χ1) is 5.79. The van der Waals surface area contributed by atoms with Crippen LogP contribution in [0.15, 0.2) is 12.2 Å². The van der Waals surface area contributed by atoms with E-state index >= 15 is 0 Å². The Balaban J connectivity index is 2.16. The highest BCUT2D eigenvalue weighted by Gasteiger charge is 2.37. The summed E-state index contributed by atoms with van der Waals surface area (Å²) in [6, 6.07) is 0. The fraction of sp³-hybridized carbons (Fsp3) is 0.700. The van der Waals surface area contributed by atoms with E-state index in [0.29, 0.717) is 11.8 Å². The van der Waals surface area contributed by atoms with Crippen LogP contribution < -0.4 is 0 Å². The molecule has 0 spiro atoms. The number of hydrogen-bond acceptors (Lipinski definition) is 1. The molecule has 12 heavy (non-hydrogen) atoms. The van der Waals surface area contributed by atoms with Gasteiger partial charge < -0.3 is 5.11 Å². The van der Waals surface area contributed by atoms with E-state index in [0.717, 1.165) is 12.8 Å². The van der Waals surface area contributed by atoms with Gasteiger partial charge in [0, 0.05) is 0 Å². The smallest absolute Gasteiger partial charge is 0.307 e. The minimum Gasteiger partial charge on any atom is -0.481 e. The third kappa shape index (κ3) is 1.15. The molecule has 0 aromatic carbocycles. The number of carboxylic acids is 1. The van der Waals surface area contributed by atoms with Crippen molar-refractivity contribution in [2.75, 3.05) is 0 Å². The van der Waals surface area contributed by atoms with E-state index < -0.39 is 5.97 Å². The Labute approximate surface area is 72.3 Å². The van der Waals surface area contributed by atoms with Crippen LogP contribution in [0.5, 0.6) is 0 Å². The second kappa shape index (κ2) is 2.92. The highest BCUT2D eigenvalue weighted by molar-refractivity contribution is 5.71. The molecule has 0 radical (unpaired) electrons. The van der Waals surface area contributed by atoms with Gasteiger partial charge in [0.1, 0.15) is 0 Å². The molecule has 2 nitrogen and oxygen atoms in total. The van der Waals surface area contributed by atoms with Gasteiger partial charge in [-0.1, -0.05) is 18.6 Å². The van der Waals surface area contributed by atoms with Gasteiger partial charge in [0.15, 0.2) is 0 Å². The van der Waals surface area contributed by atoms with Crippen molar-refractivity contribution < 1.29 is 9.90 Å². The third-order valence-electron chi connectivity index (χ3n) is 3.23. The lowest BCUT2D eigenvalue weighted by atomic mass is 9.78. The minimum atomic E-state index is -0.601. The summed E-state index contributed by atoms with van der Waals surface area (Å²) in [5, 5.41) is 8.95. The largest absolute Gasteiger partial charge is 0.481 e. The number of fused-ring (bicyclic) bond motifs is 1. The van der Waals surface area contributed by atoms with Crippen LogP contribution in [0.2, 0.25) is 0 Å². The minimum absolute atomic E-state index is 0.0949. The lowest BCUT2D eigenvalue weighted by Gasteiger charge is -2.26. The summed E-state index contributed by atoms with van der Waals surface area (Å²) in [6.45, 7) is 0. The van der Waals surface area contributed by atoms with Crippen molar-refractivity contribution in [3.63, 3.8) is 0 Å². The SMILES string of the molecule is O=C(O)[C@H]1CC=C[C@H]2CCC[C@H]12. The maximum Gasteiger partial charge on any atom is 0.307 e. The number of carbonyl (C=O) groups is 1. The summed E-state index contributed by atoms with van der Waals surface area (Å²) < 4.78 is 0. The molecule has 0 saturated heterocycles. The summed E-state index contributed by atoms with van der Waals surface area (Å²) in [5.74, 6) is 0.311. The molecule has 1 N–H and O–H groups in total. The van der Waals surface area contributed by atoms with E-state index in [9.17, 15) is 4.79 Å². The van der Waals surface area contributed by atoms with Gasteiger partial charge in [0.2, 0.25) is 0 Å². The summed E-state index contributed by atoms with van der Waals surface area (Å²) in [7, 11) is 0. The first-order valence-electron chi connectivity index (χ1n) is 4.68. The molecule has 0 heterocycles. The van der Waals surface area contributed by atoms with Gasteiger partial charge in [-0.25, -0.2) is 0 Å². The van der Waals surface area contributed by atoms with E-state index in [1.165, 1.54) is 12.8 Å². The van der Waals surface area contributed by atoms with Crippen LogP contribution >= 0.6 is 0 Å². The fourth-order valence-electron chi connectivity index (χ4n) is 2.61. The molecule has 0 aromatic heterocycles. The molecule has 1 fully saturated rings. The van der Waals surface area contributed by atoms with Crippen LogP contribution in [-0.2, 0) is 4.79 Å². The second-order valence-corrected chi connectivity index (χ2v) is 3.87. The van der Waals surface area contributed by atoms with Crippen LogP contribution in [0.1, 0.15) is 25.7 Å². The Morgan fingerprint density at radius 3 is 3.00 bits per heavy atom. The van der Waals surface area contributed by atoms with Crippen LogP contribution in [0.4, 0.5) is 0 Å². The third-order valence-corrected chi connectivity index (χ3v) is 3.23. The predicted octanol–water partition coefficient (Wildman–Crippen LogP) is 2.06. The lowest BCUT2D eigenvalue weighted by molar-refractivity contribution is -0.144. The molecule has 66 valence electrons. The molecule has 2 aliphatic carbocycles. The van der Waals surface area contributed by atoms with Crippen LogP contribution in [0.25, 0.3) is 0 Å². The van der Waals surface area contributed by atoms with Crippen LogP contribution in [0.3, 0.4) is 0 Å². The van der Waals surface area contributed by atoms with Crippen molar-refractivity contribution in [2.45, 2.75) is 25.7 Å². The van der Waals surface area contributed by atoms with Gasteiger partial charge in [-0.05, 0) is 31.1 Å². The van der Waals surface area contributed by atoms with Gasteiger partial charge in [0.25, 0.3) is 0 Å². The van der Waals surface area contributed by atoms with Crippen LogP contribution in [0, 0.1) is 17.8 Å².